The van der Waals surface area contributed by atoms with Crippen molar-refractivity contribution in [2.24, 2.45) is 0 Å². The average molecular weight is 476 g/mol. The molecule has 0 saturated heterocycles. The summed E-state index contributed by atoms with van der Waals surface area (Å²) in [6.45, 7) is 0.412. The number of carbonyl (C=O) groups is 2. The van der Waals surface area contributed by atoms with Crippen molar-refractivity contribution in [1.82, 2.24) is 19.6 Å². The Morgan fingerprint density at radius 1 is 1.31 bits per heavy atom. The van der Waals surface area contributed by atoms with Gasteiger partial charge in [0.15, 0.2) is 6.61 Å². The Morgan fingerprint density at radius 2 is 2.12 bits per heavy atom. The average Bonchev–Trinajstić information content (AvgIpc) is 3.29. The lowest BCUT2D eigenvalue weighted by Crippen LogP contribution is -2.28. The number of thiophene rings is 1. The van der Waals surface area contributed by atoms with Crippen LogP contribution >= 0.6 is 11.3 Å². The lowest BCUT2D eigenvalue weighted by molar-refractivity contribution is -0.118. The quantitative estimate of drug-likeness (QED) is 0.498. The van der Waals surface area contributed by atoms with Crippen LogP contribution in [0.3, 0.4) is 0 Å². The van der Waals surface area contributed by atoms with Crippen LogP contribution in [0.2, 0.25) is 0 Å². The van der Waals surface area contributed by atoms with Gasteiger partial charge in [-0.25, -0.2) is 13.4 Å². The lowest BCUT2D eigenvalue weighted by Gasteiger charge is -2.18. The van der Waals surface area contributed by atoms with Crippen molar-refractivity contribution in [3.05, 3.63) is 50.4 Å². The molecule has 2 aliphatic rings. The van der Waals surface area contributed by atoms with E-state index in [1.807, 2.05) is 0 Å². The number of benzene rings is 1. The van der Waals surface area contributed by atoms with Crippen LogP contribution in [0.25, 0.3) is 10.2 Å². The number of amides is 2. The van der Waals surface area contributed by atoms with Crippen LogP contribution in [0, 0.1) is 0 Å². The van der Waals surface area contributed by atoms with Crippen LogP contribution in [0.4, 0.5) is 5.69 Å². The summed E-state index contributed by atoms with van der Waals surface area (Å²) < 4.78 is 30.2. The van der Waals surface area contributed by atoms with Crippen molar-refractivity contribution < 1.29 is 22.7 Å². The van der Waals surface area contributed by atoms with E-state index in [1.165, 1.54) is 15.6 Å². The molecule has 3 aromatic rings. The van der Waals surface area contributed by atoms with E-state index >= 15 is 0 Å². The van der Waals surface area contributed by atoms with Gasteiger partial charge in [-0.2, -0.15) is 4.31 Å². The van der Waals surface area contributed by atoms with E-state index in [4.69, 9.17) is 4.74 Å². The van der Waals surface area contributed by atoms with Gasteiger partial charge in [0, 0.05) is 24.5 Å². The van der Waals surface area contributed by atoms with E-state index in [0.29, 0.717) is 27.2 Å². The fourth-order valence-corrected chi connectivity index (χ4v) is 5.65. The standard InChI is InChI=1S/C19H17N5O6S2/c1-32(28,29)24-6-10-13(7-24)31-19-15(10)17(26)22-16(23-19)18(27)20-5-9-2-3-12-11(4-9)21-14(25)8-30-12/h2-4H,5-8H2,1H3,(H,20,27)(H,21,25)(H,22,23,26). The molecule has 0 spiro atoms. The second-order valence-corrected chi connectivity index (χ2v) is 10.5. The van der Waals surface area contributed by atoms with Gasteiger partial charge in [0.05, 0.1) is 17.3 Å². The van der Waals surface area contributed by atoms with E-state index in [1.54, 1.807) is 18.2 Å². The molecule has 11 nitrogen and oxygen atoms in total. The maximum Gasteiger partial charge on any atom is 0.287 e. The predicted octanol–water partition coefficient (Wildman–Crippen LogP) is 0.521. The molecule has 2 aromatic heterocycles. The third-order valence-electron chi connectivity index (χ3n) is 5.21. The van der Waals surface area contributed by atoms with Crippen molar-refractivity contribution in [2.75, 3.05) is 18.2 Å². The molecule has 0 aliphatic carbocycles. The van der Waals surface area contributed by atoms with Crippen molar-refractivity contribution in [1.29, 1.82) is 0 Å². The first kappa shape index (κ1) is 20.6. The van der Waals surface area contributed by atoms with Gasteiger partial charge in [0.2, 0.25) is 15.8 Å². The number of H-pyrrole nitrogens is 1. The summed E-state index contributed by atoms with van der Waals surface area (Å²) in [6, 6.07) is 5.16. The molecule has 4 heterocycles. The smallest absolute Gasteiger partial charge is 0.287 e. The second kappa shape index (κ2) is 7.39. The Bertz CT molecular complexity index is 1460. The van der Waals surface area contributed by atoms with Gasteiger partial charge in [0.1, 0.15) is 10.6 Å². The minimum absolute atomic E-state index is 0.0387. The van der Waals surface area contributed by atoms with Crippen LogP contribution in [0.1, 0.15) is 26.6 Å². The van der Waals surface area contributed by atoms with E-state index in [-0.39, 0.29) is 38.0 Å². The number of aromatic nitrogens is 2. The van der Waals surface area contributed by atoms with Gasteiger partial charge < -0.3 is 20.4 Å². The minimum atomic E-state index is -3.37. The molecule has 0 fully saturated rings. The SMILES string of the molecule is CS(=O)(=O)N1Cc2sc3nc(C(=O)NCc4ccc5c(c4)NC(=O)CO5)[nH]c(=O)c3c2C1. The number of hydrogen-bond donors (Lipinski definition) is 3. The highest BCUT2D eigenvalue weighted by Crippen LogP contribution is 2.35. The molecule has 2 amide bonds. The van der Waals surface area contributed by atoms with Crippen LogP contribution in [-0.2, 0) is 34.5 Å². The lowest BCUT2D eigenvalue weighted by atomic mass is 10.1. The molecule has 0 bridgehead atoms. The third-order valence-corrected chi connectivity index (χ3v) is 7.52. The normalized spacial score (nSPS) is 15.7. The summed E-state index contributed by atoms with van der Waals surface area (Å²) in [5.41, 5.74) is 1.40. The summed E-state index contributed by atoms with van der Waals surface area (Å²) in [5, 5.41) is 5.71. The Morgan fingerprint density at radius 3 is 2.91 bits per heavy atom. The maximum atomic E-state index is 12.7. The maximum absolute atomic E-state index is 12.7. The number of carbonyl (C=O) groups excluding carboxylic acids is 2. The Balaban J connectivity index is 1.35. The Labute approximate surface area is 185 Å². The van der Waals surface area contributed by atoms with Crippen molar-refractivity contribution in [3.8, 4) is 5.75 Å². The Kier molecular flexibility index (Phi) is 4.76. The van der Waals surface area contributed by atoms with Crippen molar-refractivity contribution >= 4 is 49.1 Å². The zero-order valence-corrected chi connectivity index (χ0v) is 18.4. The molecule has 0 radical (unpaired) electrons. The second-order valence-electron chi connectivity index (χ2n) is 7.48. The van der Waals surface area contributed by atoms with Crippen molar-refractivity contribution in [3.63, 3.8) is 0 Å². The fraction of sp³-hybridized carbons (Fsp3) is 0.263. The summed E-state index contributed by atoms with van der Waals surface area (Å²) >= 11 is 1.21. The third kappa shape index (κ3) is 3.63. The zero-order valence-electron chi connectivity index (χ0n) is 16.7. The van der Waals surface area contributed by atoms with Gasteiger partial charge >= 0.3 is 0 Å². The molecular weight excluding hydrogens is 458 g/mol. The molecular formula is C19H17N5O6S2. The van der Waals surface area contributed by atoms with Gasteiger partial charge in [-0.15, -0.1) is 11.3 Å². The van der Waals surface area contributed by atoms with E-state index in [2.05, 4.69) is 20.6 Å². The minimum Gasteiger partial charge on any atom is -0.482 e. The molecule has 3 N–H and O–H groups in total. The molecule has 1 aromatic carbocycles. The number of anilines is 1. The molecule has 0 unspecified atom stereocenters. The van der Waals surface area contributed by atoms with E-state index in [0.717, 1.165) is 16.7 Å². The van der Waals surface area contributed by atoms with E-state index in [9.17, 15) is 22.8 Å². The highest BCUT2D eigenvalue weighted by Gasteiger charge is 2.31. The number of ether oxygens (including phenoxy) is 1. The molecule has 13 heteroatoms. The van der Waals surface area contributed by atoms with Crippen molar-refractivity contribution in [2.45, 2.75) is 19.6 Å². The summed E-state index contributed by atoms with van der Waals surface area (Å²) in [5.74, 6) is -0.391. The summed E-state index contributed by atoms with van der Waals surface area (Å²) in [4.78, 5) is 44.6. The first-order valence-corrected chi connectivity index (χ1v) is 12.2. The van der Waals surface area contributed by atoms with Crippen LogP contribution in [0.15, 0.2) is 23.0 Å². The first-order chi connectivity index (χ1) is 15.2. The van der Waals surface area contributed by atoms with Gasteiger partial charge in [-0.1, -0.05) is 6.07 Å². The van der Waals surface area contributed by atoms with Crippen LogP contribution in [-0.4, -0.2) is 47.4 Å². The van der Waals surface area contributed by atoms with Gasteiger partial charge in [-0.05, 0) is 23.3 Å². The zero-order chi connectivity index (χ0) is 22.6. The highest BCUT2D eigenvalue weighted by molar-refractivity contribution is 7.88. The van der Waals surface area contributed by atoms with Crippen LogP contribution < -0.4 is 20.9 Å². The molecule has 2 aliphatic heterocycles. The molecule has 32 heavy (non-hydrogen) atoms. The van der Waals surface area contributed by atoms with Gasteiger partial charge in [0.25, 0.3) is 17.4 Å². The number of aromatic amines is 1. The van der Waals surface area contributed by atoms with Gasteiger partial charge in [-0.3, -0.25) is 14.4 Å². The monoisotopic (exact) mass is 475 g/mol. The molecule has 166 valence electrons. The fourth-order valence-electron chi connectivity index (χ4n) is 3.65. The molecule has 5 rings (SSSR count). The predicted molar refractivity (Wildman–Crippen MR) is 116 cm³/mol. The largest absolute Gasteiger partial charge is 0.482 e. The molecule has 0 atom stereocenters. The summed E-state index contributed by atoms with van der Waals surface area (Å²) in [6.07, 6.45) is 1.13. The number of nitrogens with one attached hydrogen (secondary N) is 3. The number of hydrogen-bond acceptors (Lipinski definition) is 8. The first-order valence-electron chi connectivity index (χ1n) is 9.52. The van der Waals surface area contributed by atoms with E-state index < -0.39 is 21.5 Å². The highest BCUT2D eigenvalue weighted by atomic mass is 32.2. The molecule has 0 saturated carbocycles. The number of rotatable bonds is 4. The topological polar surface area (TPSA) is 151 Å². The number of fused-ring (bicyclic) bond motifs is 4. The Hall–Kier alpha value is -3.29. The number of nitrogens with zero attached hydrogens (tertiary/aromatic N) is 2. The summed E-state index contributed by atoms with van der Waals surface area (Å²) in [7, 11) is -3.37. The number of sulfonamides is 1. The van der Waals surface area contributed by atoms with Crippen LogP contribution in [0.5, 0.6) is 5.75 Å².